The van der Waals surface area contributed by atoms with Gasteiger partial charge in [0.1, 0.15) is 0 Å². The average molecular weight is 260 g/mol. The monoisotopic (exact) mass is 260 g/mol. The van der Waals surface area contributed by atoms with Gasteiger partial charge in [-0.1, -0.05) is 37.0 Å². The summed E-state index contributed by atoms with van der Waals surface area (Å²) < 4.78 is 0. The molecule has 19 heavy (non-hydrogen) atoms. The summed E-state index contributed by atoms with van der Waals surface area (Å²) in [5, 5.41) is 0. The Kier molecular flexibility index (Phi) is 10.6. The van der Waals surface area contributed by atoms with E-state index in [1.807, 2.05) is 26.0 Å². The maximum absolute atomic E-state index is 4.30. The minimum Gasteiger partial charge on any atom is -0.372 e. The summed E-state index contributed by atoms with van der Waals surface area (Å²) in [5.74, 6) is 0. The molecule has 0 radical (unpaired) electrons. The van der Waals surface area contributed by atoms with Crippen molar-refractivity contribution < 1.29 is 0 Å². The van der Waals surface area contributed by atoms with Crippen LogP contribution < -0.4 is 0 Å². The lowest BCUT2D eigenvalue weighted by Crippen LogP contribution is -2.22. The Morgan fingerprint density at radius 2 is 1.89 bits per heavy atom. The molecule has 0 heterocycles. The quantitative estimate of drug-likeness (QED) is 0.323. The second-order valence-electron chi connectivity index (χ2n) is 4.58. The van der Waals surface area contributed by atoms with Crippen LogP contribution in [0.5, 0.6) is 0 Å². The summed E-state index contributed by atoms with van der Waals surface area (Å²) in [7, 11) is 0. The van der Waals surface area contributed by atoms with E-state index in [0.29, 0.717) is 0 Å². The number of aliphatic imine (C=N–C) groups is 1. The Morgan fingerprint density at radius 1 is 1.21 bits per heavy atom. The maximum atomic E-state index is 4.30. The third-order valence-corrected chi connectivity index (χ3v) is 2.69. The summed E-state index contributed by atoms with van der Waals surface area (Å²) in [6.07, 6.45) is 12.3. The highest BCUT2D eigenvalue weighted by Crippen LogP contribution is 2.09. The molecule has 0 N–H and O–H groups in total. The van der Waals surface area contributed by atoms with Gasteiger partial charge >= 0.3 is 0 Å². The van der Waals surface area contributed by atoms with Crippen LogP contribution in [0.1, 0.15) is 33.6 Å². The van der Waals surface area contributed by atoms with Crippen molar-refractivity contribution in [2.24, 2.45) is 4.99 Å². The highest BCUT2D eigenvalue weighted by molar-refractivity contribution is 5.79. The Labute approximate surface area is 118 Å². The van der Waals surface area contributed by atoms with Crippen molar-refractivity contribution in [2.45, 2.75) is 33.6 Å². The van der Waals surface area contributed by atoms with Gasteiger partial charge in [0, 0.05) is 24.5 Å². The molecule has 2 nitrogen and oxygen atoms in total. The van der Waals surface area contributed by atoms with Crippen molar-refractivity contribution in [3.05, 3.63) is 49.2 Å². The van der Waals surface area contributed by atoms with Crippen molar-refractivity contribution >= 4 is 5.71 Å². The SMILES string of the molecule is C=CCCC(=C)N(CC)CC=CC=CCN=C(C)C. The van der Waals surface area contributed by atoms with Gasteiger partial charge in [0.25, 0.3) is 0 Å². The zero-order chi connectivity index (χ0) is 14.5. The summed E-state index contributed by atoms with van der Waals surface area (Å²) in [5.41, 5.74) is 2.30. The number of allylic oxidation sites excluding steroid dienone is 4. The van der Waals surface area contributed by atoms with Gasteiger partial charge in [-0.25, -0.2) is 0 Å². The number of likely N-dealkylation sites (N-methyl/N-ethyl adjacent to an activating group) is 1. The molecular formula is C17H28N2. The standard InChI is InChI=1S/C17H28N2/c1-6-8-13-17(5)19(7-2)15-12-10-9-11-14-18-16(3)4/h6,9-12H,1,5,7-8,13-15H2,2-4H3. The number of hydrogen-bond donors (Lipinski definition) is 0. The smallest absolute Gasteiger partial charge is 0.0572 e. The lowest BCUT2D eigenvalue weighted by atomic mass is 10.2. The first-order valence-corrected chi connectivity index (χ1v) is 6.94. The average Bonchev–Trinajstić information content (AvgIpc) is 2.39. The fourth-order valence-corrected chi connectivity index (χ4v) is 1.55. The minimum absolute atomic E-state index is 0.760. The molecule has 0 aromatic carbocycles. The summed E-state index contributed by atoms with van der Waals surface area (Å²) in [6, 6.07) is 0. The third kappa shape index (κ3) is 10.1. The van der Waals surface area contributed by atoms with E-state index in [2.05, 4.69) is 48.2 Å². The molecule has 0 rings (SSSR count). The van der Waals surface area contributed by atoms with E-state index in [4.69, 9.17) is 0 Å². The van der Waals surface area contributed by atoms with E-state index in [0.717, 1.165) is 38.2 Å². The lowest BCUT2D eigenvalue weighted by Gasteiger charge is -2.23. The molecule has 0 amide bonds. The van der Waals surface area contributed by atoms with E-state index in [1.165, 1.54) is 5.70 Å². The highest BCUT2D eigenvalue weighted by Gasteiger charge is 2.01. The zero-order valence-electron chi connectivity index (χ0n) is 12.7. The van der Waals surface area contributed by atoms with Crippen molar-refractivity contribution in [1.82, 2.24) is 4.90 Å². The van der Waals surface area contributed by atoms with Gasteiger partial charge in [0.05, 0.1) is 6.54 Å². The van der Waals surface area contributed by atoms with Crippen LogP contribution in [-0.2, 0) is 0 Å². The molecule has 0 aromatic heterocycles. The number of hydrogen-bond acceptors (Lipinski definition) is 2. The highest BCUT2D eigenvalue weighted by atomic mass is 15.1. The molecule has 0 fully saturated rings. The maximum Gasteiger partial charge on any atom is 0.0572 e. The lowest BCUT2D eigenvalue weighted by molar-refractivity contribution is 0.388. The molecule has 106 valence electrons. The summed E-state index contributed by atoms with van der Waals surface area (Å²) in [6.45, 7) is 16.7. The normalized spacial score (nSPS) is 10.9. The van der Waals surface area contributed by atoms with Gasteiger partial charge in [0.15, 0.2) is 0 Å². The summed E-state index contributed by atoms with van der Waals surface area (Å²) >= 11 is 0. The molecule has 0 saturated heterocycles. The third-order valence-electron chi connectivity index (χ3n) is 2.69. The van der Waals surface area contributed by atoms with E-state index in [-0.39, 0.29) is 0 Å². The second-order valence-corrected chi connectivity index (χ2v) is 4.58. The predicted molar refractivity (Wildman–Crippen MR) is 87.7 cm³/mol. The molecule has 0 aliphatic rings. The first-order valence-electron chi connectivity index (χ1n) is 6.94. The Hall–Kier alpha value is -1.57. The van der Waals surface area contributed by atoms with E-state index in [9.17, 15) is 0 Å². The molecule has 0 spiro atoms. The minimum atomic E-state index is 0.760. The Bertz CT molecular complexity index is 344. The van der Waals surface area contributed by atoms with Crippen LogP contribution in [-0.4, -0.2) is 30.2 Å². The first-order chi connectivity index (χ1) is 9.11. The molecular weight excluding hydrogens is 232 g/mol. The second kappa shape index (κ2) is 11.5. The van der Waals surface area contributed by atoms with Crippen LogP contribution in [0.2, 0.25) is 0 Å². The number of rotatable bonds is 10. The molecule has 0 aliphatic heterocycles. The molecule has 0 unspecified atom stereocenters. The van der Waals surface area contributed by atoms with Crippen molar-refractivity contribution in [3.8, 4) is 0 Å². The first kappa shape index (κ1) is 17.4. The van der Waals surface area contributed by atoms with E-state index in [1.54, 1.807) is 0 Å². The molecule has 0 aliphatic carbocycles. The Balaban J connectivity index is 4.02. The molecule has 0 bridgehead atoms. The molecule has 0 saturated carbocycles. The largest absolute Gasteiger partial charge is 0.372 e. The fraction of sp³-hybridized carbons (Fsp3) is 0.471. The van der Waals surface area contributed by atoms with Crippen molar-refractivity contribution in [2.75, 3.05) is 19.6 Å². The van der Waals surface area contributed by atoms with E-state index < -0.39 is 0 Å². The van der Waals surface area contributed by atoms with Gasteiger partial charge in [0.2, 0.25) is 0 Å². The van der Waals surface area contributed by atoms with Crippen LogP contribution in [0.15, 0.2) is 54.2 Å². The van der Waals surface area contributed by atoms with Crippen molar-refractivity contribution in [3.63, 3.8) is 0 Å². The molecule has 2 heteroatoms. The van der Waals surface area contributed by atoms with Gasteiger partial charge < -0.3 is 4.90 Å². The van der Waals surface area contributed by atoms with E-state index >= 15 is 0 Å². The zero-order valence-corrected chi connectivity index (χ0v) is 12.7. The van der Waals surface area contributed by atoms with Crippen LogP contribution >= 0.6 is 0 Å². The summed E-state index contributed by atoms with van der Waals surface area (Å²) in [4.78, 5) is 6.58. The molecule has 0 aromatic rings. The van der Waals surface area contributed by atoms with Gasteiger partial charge in [-0.15, -0.1) is 6.58 Å². The van der Waals surface area contributed by atoms with Crippen LogP contribution in [0.3, 0.4) is 0 Å². The topological polar surface area (TPSA) is 15.6 Å². The van der Waals surface area contributed by atoms with Crippen molar-refractivity contribution in [1.29, 1.82) is 0 Å². The van der Waals surface area contributed by atoms with Crippen LogP contribution in [0.4, 0.5) is 0 Å². The van der Waals surface area contributed by atoms with Gasteiger partial charge in [-0.05, 0) is 33.6 Å². The Morgan fingerprint density at radius 3 is 2.47 bits per heavy atom. The predicted octanol–water partition coefficient (Wildman–Crippen LogP) is 4.38. The van der Waals surface area contributed by atoms with Gasteiger partial charge in [-0.2, -0.15) is 0 Å². The van der Waals surface area contributed by atoms with Crippen LogP contribution in [0.25, 0.3) is 0 Å². The number of nitrogens with zero attached hydrogens (tertiary/aromatic N) is 2. The van der Waals surface area contributed by atoms with Crippen LogP contribution in [0, 0.1) is 0 Å². The van der Waals surface area contributed by atoms with Gasteiger partial charge in [-0.3, -0.25) is 4.99 Å². The fourth-order valence-electron chi connectivity index (χ4n) is 1.55. The molecule has 0 atom stereocenters.